The molecule has 4 nitrogen and oxygen atoms in total. The number of amides is 2. The Morgan fingerprint density at radius 1 is 1.00 bits per heavy atom. The largest absolute Gasteiger partial charge is 0.385 e. The van der Waals surface area contributed by atoms with Gasteiger partial charge >= 0.3 is 6.03 Å². The van der Waals surface area contributed by atoms with Crippen molar-refractivity contribution in [3.8, 4) is 0 Å². The summed E-state index contributed by atoms with van der Waals surface area (Å²) < 4.78 is 5.12. The summed E-state index contributed by atoms with van der Waals surface area (Å²) in [5.41, 5.74) is 3.30. The number of unbranched alkanes of at least 4 members (excludes halogenated alkanes) is 1. The first-order chi connectivity index (χ1) is 12.9. The Labute approximate surface area is 163 Å². The molecule has 0 spiro atoms. The highest BCUT2D eigenvalue weighted by atomic mass is 16.5. The molecule has 0 aliphatic rings. The monoisotopic (exact) mass is 368 g/mol. The molecule has 0 fully saturated rings. The maximum atomic E-state index is 12.8. The van der Waals surface area contributed by atoms with Crippen LogP contribution in [0.5, 0.6) is 0 Å². The minimum Gasteiger partial charge on any atom is -0.385 e. The number of nitrogens with zero attached hydrogens (tertiary/aromatic N) is 1. The van der Waals surface area contributed by atoms with Crippen molar-refractivity contribution in [3.05, 3.63) is 65.7 Å². The van der Waals surface area contributed by atoms with E-state index in [1.807, 2.05) is 47.4 Å². The zero-order valence-electron chi connectivity index (χ0n) is 17.0. The summed E-state index contributed by atoms with van der Waals surface area (Å²) in [6.45, 7) is 8.56. The smallest absolute Gasteiger partial charge is 0.322 e. The number of carbonyl (C=O) groups excluding carboxylic acids is 1. The molecule has 0 radical (unpaired) electrons. The zero-order chi connectivity index (χ0) is 19.7. The molecule has 2 rings (SSSR count). The first kappa shape index (κ1) is 21.0. The molecule has 0 saturated carbocycles. The number of carbonyl (C=O) groups is 1. The average molecular weight is 369 g/mol. The molecule has 0 atom stereocenters. The van der Waals surface area contributed by atoms with Crippen LogP contribution in [-0.2, 0) is 16.7 Å². The summed E-state index contributed by atoms with van der Waals surface area (Å²) in [6, 6.07) is 18.1. The Morgan fingerprint density at radius 3 is 2.26 bits per heavy atom. The third kappa shape index (κ3) is 7.06. The van der Waals surface area contributed by atoms with E-state index in [9.17, 15) is 4.79 Å². The second-order valence-corrected chi connectivity index (χ2v) is 7.86. The van der Waals surface area contributed by atoms with Crippen LogP contribution in [-0.4, -0.2) is 31.2 Å². The number of benzene rings is 2. The molecule has 1 N–H and O–H groups in total. The molecule has 2 aromatic rings. The SMILES string of the molecule is COCCCCN(Cc1ccccc1)C(=O)Nc1ccc(C(C)(C)C)cc1. The summed E-state index contributed by atoms with van der Waals surface area (Å²) in [5.74, 6) is 0. The van der Waals surface area contributed by atoms with E-state index in [1.165, 1.54) is 5.56 Å². The van der Waals surface area contributed by atoms with Crippen LogP contribution in [0.1, 0.15) is 44.7 Å². The average Bonchev–Trinajstić information content (AvgIpc) is 2.64. The maximum Gasteiger partial charge on any atom is 0.322 e. The predicted molar refractivity (Wildman–Crippen MR) is 112 cm³/mol. The molecule has 0 aromatic heterocycles. The molecule has 27 heavy (non-hydrogen) atoms. The fraction of sp³-hybridized carbons (Fsp3) is 0.435. The number of urea groups is 1. The van der Waals surface area contributed by atoms with Gasteiger partial charge in [0.1, 0.15) is 0 Å². The molecule has 0 saturated heterocycles. The van der Waals surface area contributed by atoms with Gasteiger partial charge < -0.3 is 15.0 Å². The molecule has 0 heterocycles. The van der Waals surface area contributed by atoms with E-state index in [4.69, 9.17) is 4.74 Å². The van der Waals surface area contributed by atoms with E-state index in [2.05, 4.69) is 38.2 Å². The van der Waals surface area contributed by atoms with Crippen LogP contribution in [0.4, 0.5) is 10.5 Å². The summed E-state index contributed by atoms with van der Waals surface area (Å²) >= 11 is 0. The van der Waals surface area contributed by atoms with E-state index in [0.29, 0.717) is 13.1 Å². The number of hydrogen-bond donors (Lipinski definition) is 1. The van der Waals surface area contributed by atoms with Crippen LogP contribution in [0.25, 0.3) is 0 Å². The summed E-state index contributed by atoms with van der Waals surface area (Å²) in [6.07, 6.45) is 1.85. The fourth-order valence-corrected chi connectivity index (χ4v) is 2.86. The molecule has 0 unspecified atom stereocenters. The van der Waals surface area contributed by atoms with Crippen LogP contribution < -0.4 is 5.32 Å². The van der Waals surface area contributed by atoms with Crippen LogP contribution in [0.2, 0.25) is 0 Å². The van der Waals surface area contributed by atoms with Crippen molar-refractivity contribution in [2.24, 2.45) is 0 Å². The number of anilines is 1. The summed E-state index contributed by atoms with van der Waals surface area (Å²) in [7, 11) is 1.70. The van der Waals surface area contributed by atoms with Crippen LogP contribution in [0.3, 0.4) is 0 Å². The molecule has 0 aliphatic carbocycles. The van der Waals surface area contributed by atoms with Crippen LogP contribution >= 0.6 is 0 Å². The molecule has 0 aliphatic heterocycles. The Kier molecular flexibility index (Phi) is 7.86. The standard InChI is InChI=1S/C23H32N2O2/c1-23(2,3)20-12-14-21(15-13-20)24-22(26)25(16-8-9-17-27-4)18-19-10-6-5-7-11-19/h5-7,10-15H,8-9,16-18H2,1-4H3,(H,24,26). The first-order valence-electron chi connectivity index (χ1n) is 9.59. The first-order valence-corrected chi connectivity index (χ1v) is 9.59. The number of ether oxygens (including phenoxy) is 1. The Bertz CT molecular complexity index is 691. The number of methoxy groups -OCH3 is 1. The van der Waals surface area contributed by atoms with Crippen molar-refractivity contribution in [2.45, 2.75) is 45.6 Å². The maximum absolute atomic E-state index is 12.8. The minimum absolute atomic E-state index is 0.0696. The van der Waals surface area contributed by atoms with E-state index in [0.717, 1.165) is 30.7 Å². The molecule has 2 amide bonds. The van der Waals surface area contributed by atoms with Crippen LogP contribution in [0.15, 0.2) is 54.6 Å². The lowest BCUT2D eigenvalue weighted by Crippen LogP contribution is -2.35. The highest BCUT2D eigenvalue weighted by Gasteiger charge is 2.16. The van der Waals surface area contributed by atoms with Gasteiger partial charge in [-0.3, -0.25) is 0 Å². The molecule has 2 aromatic carbocycles. The van der Waals surface area contributed by atoms with Gasteiger partial charge in [0, 0.05) is 32.5 Å². The Hall–Kier alpha value is -2.33. The normalized spacial score (nSPS) is 11.3. The second-order valence-electron chi connectivity index (χ2n) is 7.86. The zero-order valence-corrected chi connectivity index (χ0v) is 17.0. The van der Waals surface area contributed by atoms with Gasteiger partial charge in [0.2, 0.25) is 0 Å². The van der Waals surface area contributed by atoms with Crippen molar-refractivity contribution < 1.29 is 9.53 Å². The highest BCUT2D eigenvalue weighted by molar-refractivity contribution is 5.89. The van der Waals surface area contributed by atoms with Crippen molar-refractivity contribution in [1.82, 2.24) is 4.90 Å². The number of rotatable bonds is 8. The third-order valence-corrected chi connectivity index (χ3v) is 4.53. The fourth-order valence-electron chi connectivity index (χ4n) is 2.86. The Balaban J connectivity index is 2.03. The van der Waals surface area contributed by atoms with E-state index in [-0.39, 0.29) is 11.4 Å². The number of nitrogens with one attached hydrogen (secondary N) is 1. The second kappa shape index (κ2) is 10.1. The molecule has 146 valence electrons. The topological polar surface area (TPSA) is 41.6 Å². The summed E-state index contributed by atoms with van der Waals surface area (Å²) in [4.78, 5) is 14.7. The lowest BCUT2D eigenvalue weighted by atomic mass is 9.87. The third-order valence-electron chi connectivity index (χ3n) is 4.53. The quantitative estimate of drug-likeness (QED) is 0.630. The van der Waals surface area contributed by atoms with Crippen LogP contribution in [0, 0.1) is 0 Å². The van der Waals surface area contributed by atoms with Crippen molar-refractivity contribution in [3.63, 3.8) is 0 Å². The van der Waals surface area contributed by atoms with Gasteiger partial charge in [-0.05, 0) is 41.5 Å². The lowest BCUT2D eigenvalue weighted by Gasteiger charge is -2.24. The molecule has 4 heteroatoms. The van der Waals surface area contributed by atoms with Gasteiger partial charge in [0.25, 0.3) is 0 Å². The van der Waals surface area contributed by atoms with Gasteiger partial charge in [-0.15, -0.1) is 0 Å². The van der Waals surface area contributed by atoms with Gasteiger partial charge in [-0.1, -0.05) is 63.2 Å². The van der Waals surface area contributed by atoms with Gasteiger partial charge in [0.15, 0.2) is 0 Å². The summed E-state index contributed by atoms with van der Waals surface area (Å²) in [5, 5.41) is 3.04. The predicted octanol–water partition coefficient (Wildman–Crippen LogP) is 5.44. The van der Waals surface area contributed by atoms with Gasteiger partial charge in [0.05, 0.1) is 0 Å². The van der Waals surface area contributed by atoms with Crippen molar-refractivity contribution >= 4 is 11.7 Å². The molecular formula is C23H32N2O2. The molecular weight excluding hydrogens is 336 g/mol. The minimum atomic E-state index is -0.0696. The highest BCUT2D eigenvalue weighted by Crippen LogP contribution is 2.23. The van der Waals surface area contributed by atoms with Gasteiger partial charge in [-0.2, -0.15) is 0 Å². The van der Waals surface area contributed by atoms with E-state index in [1.54, 1.807) is 7.11 Å². The molecule has 0 bridgehead atoms. The van der Waals surface area contributed by atoms with E-state index < -0.39 is 0 Å². The van der Waals surface area contributed by atoms with E-state index >= 15 is 0 Å². The Morgan fingerprint density at radius 2 is 1.67 bits per heavy atom. The van der Waals surface area contributed by atoms with Crippen molar-refractivity contribution in [2.75, 3.05) is 25.6 Å². The number of hydrogen-bond acceptors (Lipinski definition) is 2. The van der Waals surface area contributed by atoms with Gasteiger partial charge in [-0.25, -0.2) is 4.79 Å². The van der Waals surface area contributed by atoms with Crippen molar-refractivity contribution in [1.29, 1.82) is 0 Å². The lowest BCUT2D eigenvalue weighted by molar-refractivity contribution is 0.182.